The Morgan fingerprint density at radius 1 is 1.29 bits per heavy atom. The van der Waals surface area contributed by atoms with Crippen molar-refractivity contribution in [1.29, 1.82) is 0 Å². The molecule has 110 valence electrons. The number of hydrogen-bond acceptors (Lipinski definition) is 4. The fourth-order valence-corrected chi connectivity index (χ4v) is 2.40. The van der Waals surface area contributed by atoms with Gasteiger partial charge >= 0.3 is 0 Å². The molecule has 2 aromatic carbocycles. The fraction of sp³-hybridized carbons (Fsp3) is 0.200. The van der Waals surface area contributed by atoms with E-state index < -0.39 is 4.92 Å². The van der Waals surface area contributed by atoms with Crippen molar-refractivity contribution in [2.75, 3.05) is 12.4 Å². The fourth-order valence-electron chi connectivity index (χ4n) is 1.99. The van der Waals surface area contributed by atoms with E-state index in [4.69, 9.17) is 4.74 Å². The zero-order chi connectivity index (χ0) is 15.4. The zero-order valence-electron chi connectivity index (χ0n) is 11.7. The van der Waals surface area contributed by atoms with Crippen LogP contribution in [-0.4, -0.2) is 12.0 Å². The van der Waals surface area contributed by atoms with Gasteiger partial charge in [0.1, 0.15) is 5.75 Å². The van der Waals surface area contributed by atoms with E-state index in [2.05, 4.69) is 21.2 Å². The Morgan fingerprint density at radius 2 is 2.05 bits per heavy atom. The molecule has 0 aliphatic rings. The molecule has 0 spiro atoms. The molecule has 2 rings (SSSR count). The summed E-state index contributed by atoms with van der Waals surface area (Å²) in [5, 5.41) is 14.1. The normalized spacial score (nSPS) is 10.2. The maximum absolute atomic E-state index is 10.8. The average molecular weight is 351 g/mol. The quantitative estimate of drug-likeness (QED) is 0.645. The molecule has 5 nitrogen and oxygen atoms in total. The van der Waals surface area contributed by atoms with Gasteiger partial charge in [-0.15, -0.1) is 0 Å². The van der Waals surface area contributed by atoms with Gasteiger partial charge in [0.05, 0.1) is 12.0 Å². The number of non-ortho nitro benzene ring substituents is 1. The Bertz CT molecular complexity index is 674. The molecule has 0 aliphatic heterocycles. The molecule has 2 aromatic rings. The molecule has 0 amide bonds. The number of benzene rings is 2. The van der Waals surface area contributed by atoms with Crippen molar-refractivity contribution in [3.05, 3.63) is 62.1 Å². The molecule has 0 fully saturated rings. The van der Waals surface area contributed by atoms with E-state index in [0.29, 0.717) is 6.54 Å². The number of nitrogens with zero attached hydrogens (tertiary/aromatic N) is 1. The predicted molar refractivity (Wildman–Crippen MR) is 85.9 cm³/mol. The molecule has 0 saturated heterocycles. The second-order valence-corrected chi connectivity index (χ2v) is 5.48. The number of ether oxygens (including phenoxy) is 1. The SMILES string of the molecule is COc1ccc(Br)cc1CNc1cc([N+](=O)[O-])ccc1C. The first kappa shape index (κ1) is 15.3. The number of rotatable bonds is 5. The topological polar surface area (TPSA) is 64.4 Å². The van der Waals surface area contributed by atoms with Gasteiger partial charge in [-0.1, -0.05) is 22.0 Å². The third kappa shape index (κ3) is 3.72. The first-order valence-corrected chi connectivity index (χ1v) is 7.12. The smallest absolute Gasteiger partial charge is 0.271 e. The minimum Gasteiger partial charge on any atom is -0.496 e. The summed E-state index contributed by atoms with van der Waals surface area (Å²) in [7, 11) is 1.62. The van der Waals surface area contributed by atoms with Crippen LogP contribution in [0, 0.1) is 17.0 Å². The summed E-state index contributed by atoms with van der Waals surface area (Å²) in [5.41, 5.74) is 2.74. The van der Waals surface area contributed by atoms with Crippen LogP contribution in [0.25, 0.3) is 0 Å². The predicted octanol–water partition coefficient (Wildman–Crippen LogP) is 4.29. The molecule has 1 N–H and O–H groups in total. The molecule has 0 heterocycles. The minimum absolute atomic E-state index is 0.0734. The second kappa shape index (κ2) is 6.58. The summed E-state index contributed by atoms with van der Waals surface area (Å²) in [6.45, 7) is 2.43. The largest absolute Gasteiger partial charge is 0.496 e. The highest BCUT2D eigenvalue weighted by atomic mass is 79.9. The third-order valence-electron chi connectivity index (χ3n) is 3.14. The number of nitrogens with one attached hydrogen (secondary N) is 1. The van der Waals surface area contributed by atoms with Gasteiger partial charge in [-0.25, -0.2) is 0 Å². The van der Waals surface area contributed by atoms with Crippen LogP contribution in [0.4, 0.5) is 11.4 Å². The number of halogens is 1. The molecule has 21 heavy (non-hydrogen) atoms. The number of nitro benzene ring substituents is 1. The lowest BCUT2D eigenvalue weighted by atomic mass is 10.1. The van der Waals surface area contributed by atoms with Crippen molar-refractivity contribution in [2.45, 2.75) is 13.5 Å². The number of anilines is 1. The third-order valence-corrected chi connectivity index (χ3v) is 3.64. The van der Waals surface area contributed by atoms with Gasteiger partial charge in [-0.3, -0.25) is 10.1 Å². The van der Waals surface area contributed by atoms with Gasteiger partial charge < -0.3 is 10.1 Å². The minimum atomic E-state index is -0.399. The van der Waals surface area contributed by atoms with Gasteiger partial charge in [0, 0.05) is 34.4 Å². The molecule has 6 heteroatoms. The van der Waals surface area contributed by atoms with Crippen molar-refractivity contribution in [3.63, 3.8) is 0 Å². The Hall–Kier alpha value is -2.08. The van der Waals surface area contributed by atoms with Crippen LogP contribution >= 0.6 is 15.9 Å². The monoisotopic (exact) mass is 350 g/mol. The van der Waals surface area contributed by atoms with Crippen LogP contribution in [0.3, 0.4) is 0 Å². The van der Waals surface area contributed by atoms with Crippen molar-refractivity contribution in [2.24, 2.45) is 0 Å². The van der Waals surface area contributed by atoms with Gasteiger partial charge in [0.25, 0.3) is 5.69 Å². The second-order valence-electron chi connectivity index (χ2n) is 4.57. The molecule has 0 aliphatic carbocycles. The molecule has 0 unspecified atom stereocenters. The summed E-state index contributed by atoms with van der Waals surface area (Å²) >= 11 is 3.42. The van der Waals surface area contributed by atoms with E-state index in [0.717, 1.165) is 27.0 Å². The van der Waals surface area contributed by atoms with Gasteiger partial charge in [-0.2, -0.15) is 0 Å². The van der Waals surface area contributed by atoms with Crippen molar-refractivity contribution in [1.82, 2.24) is 0 Å². The van der Waals surface area contributed by atoms with Crippen LogP contribution in [0.15, 0.2) is 40.9 Å². The molecule has 0 bridgehead atoms. The maximum Gasteiger partial charge on any atom is 0.271 e. The van der Waals surface area contributed by atoms with E-state index in [1.807, 2.05) is 25.1 Å². The molecular weight excluding hydrogens is 336 g/mol. The highest BCUT2D eigenvalue weighted by Crippen LogP contribution is 2.26. The van der Waals surface area contributed by atoms with E-state index in [1.54, 1.807) is 19.2 Å². The standard InChI is InChI=1S/C15H15BrN2O3/c1-10-3-5-13(18(19)20)8-14(10)17-9-11-7-12(16)4-6-15(11)21-2/h3-8,17H,9H2,1-2H3. The number of nitro groups is 1. The highest BCUT2D eigenvalue weighted by Gasteiger charge is 2.09. The Morgan fingerprint density at radius 3 is 2.71 bits per heavy atom. The summed E-state index contributed by atoms with van der Waals surface area (Å²) in [5.74, 6) is 0.772. The summed E-state index contributed by atoms with van der Waals surface area (Å²) in [4.78, 5) is 10.4. The average Bonchev–Trinajstić information content (AvgIpc) is 2.46. The Kier molecular flexibility index (Phi) is 4.80. The van der Waals surface area contributed by atoms with Crippen molar-refractivity contribution >= 4 is 27.3 Å². The number of aryl methyl sites for hydroxylation is 1. The lowest BCUT2D eigenvalue weighted by Crippen LogP contribution is -2.03. The first-order valence-electron chi connectivity index (χ1n) is 6.32. The number of methoxy groups -OCH3 is 1. The van der Waals surface area contributed by atoms with Crippen LogP contribution in [-0.2, 0) is 6.54 Å². The van der Waals surface area contributed by atoms with E-state index >= 15 is 0 Å². The van der Waals surface area contributed by atoms with E-state index in [-0.39, 0.29) is 5.69 Å². The van der Waals surface area contributed by atoms with Crippen molar-refractivity contribution in [3.8, 4) is 5.75 Å². The van der Waals surface area contributed by atoms with Crippen molar-refractivity contribution < 1.29 is 9.66 Å². The number of hydrogen-bond donors (Lipinski definition) is 1. The van der Waals surface area contributed by atoms with Gasteiger partial charge in [0.2, 0.25) is 0 Å². The van der Waals surface area contributed by atoms with Crippen LogP contribution in [0.5, 0.6) is 5.75 Å². The Labute approximate surface area is 131 Å². The molecule has 0 radical (unpaired) electrons. The zero-order valence-corrected chi connectivity index (χ0v) is 13.3. The Balaban J connectivity index is 2.22. The molecule has 0 saturated carbocycles. The molecule has 0 aromatic heterocycles. The van der Waals surface area contributed by atoms with Crippen LogP contribution in [0.1, 0.15) is 11.1 Å². The molecular formula is C15H15BrN2O3. The molecule has 0 atom stereocenters. The maximum atomic E-state index is 10.8. The summed E-state index contributed by atoms with van der Waals surface area (Å²) in [6, 6.07) is 10.5. The van der Waals surface area contributed by atoms with E-state index in [9.17, 15) is 10.1 Å². The first-order chi connectivity index (χ1) is 10.0. The van der Waals surface area contributed by atoms with E-state index in [1.165, 1.54) is 6.07 Å². The lowest BCUT2D eigenvalue weighted by molar-refractivity contribution is -0.384. The van der Waals surface area contributed by atoms with Crippen LogP contribution < -0.4 is 10.1 Å². The van der Waals surface area contributed by atoms with Crippen LogP contribution in [0.2, 0.25) is 0 Å². The van der Waals surface area contributed by atoms with Gasteiger partial charge in [-0.05, 0) is 30.7 Å². The van der Waals surface area contributed by atoms with Gasteiger partial charge in [0.15, 0.2) is 0 Å². The highest BCUT2D eigenvalue weighted by molar-refractivity contribution is 9.10. The summed E-state index contributed by atoms with van der Waals surface area (Å²) in [6.07, 6.45) is 0. The lowest BCUT2D eigenvalue weighted by Gasteiger charge is -2.12. The summed E-state index contributed by atoms with van der Waals surface area (Å²) < 4.78 is 6.27.